The molecule has 1 unspecified atom stereocenters. The lowest BCUT2D eigenvalue weighted by Gasteiger charge is -2.38. The molecule has 0 bridgehead atoms. The maximum atomic E-state index is 6.12. The van der Waals surface area contributed by atoms with Crippen molar-refractivity contribution in [2.24, 2.45) is 9.98 Å². The number of hydrogen-bond donors (Lipinski definition) is 1. The number of nitrogens with zero attached hydrogens (tertiary/aromatic N) is 4. The fourth-order valence-corrected chi connectivity index (χ4v) is 3.76. The average Bonchev–Trinajstić information content (AvgIpc) is 2.92. The lowest BCUT2D eigenvalue weighted by molar-refractivity contribution is 0.110. The zero-order valence-corrected chi connectivity index (χ0v) is 16.6. The second-order valence-electron chi connectivity index (χ2n) is 7.39. The SMILES string of the molecule is [B]c1cccc2c1=NC(NC1=CC=C(N3CCN(C)CC3)CC1OC)=NCC=2. The summed E-state index contributed by atoms with van der Waals surface area (Å²) in [4.78, 5) is 14.0. The average molecular weight is 375 g/mol. The van der Waals surface area contributed by atoms with E-state index in [-0.39, 0.29) is 6.10 Å². The Morgan fingerprint density at radius 1 is 1.18 bits per heavy atom. The first-order valence-electron chi connectivity index (χ1n) is 9.76. The number of allylic oxidation sites excluding steroid dienone is 2. The highest BCUT2D eigenvalue weighted by molar-refractivity contribution is 6.32. The third-order valence-electron chi connectivity index (χ3n) is 5.52. The molecule has 6 nitrogen and oxygen atoms in total. The van der Waals surface area contributed by atoms with Crippen molar-refractivity contribution in [3.8, 4) is 0 Å². The summed E-state index contributed by atoms with van der Waals surface area (Å²) >= 11 is 0. The van der Waals surface area contributed by atoms with Gasteiger partial charge in [-0.2, -0.15) is 0 Å². The molecule has 2 aliphatic heterocycles. The summed E-state index contributed by atoms with van der Waals surface area (Å²) in [7, 11) is 10.0. The number of fused-ring (bicyclic) bond motifs is 1. The van der Waals surface area contributed by atoms with Crippen LogP contribution in [0.2, 0.25) is 0 Å². The zero-order valence-electron chi connectivity index (χ0n) is 16.6. The van der Waals surface area contributed by atoms with Crippen molar-refractivity contribution in [3.63, 3.8) is 0 Å². The molecule has 1 N–H and O–H groups in total. The van der Waals surface area contributed by atoms with Gasteiger partial charge in [-0.15, -0.1) is 0 Å². The van der Waals surface area contributed by atoms with Crippen LogP contribution in [0, 0.1) is 0 Å². The summed E-state index contributed by atoms with van der Waals surface area (Å²) in [5.41, 5.74) is 2.96. The Balaban J connectivity index is 1.55. The number of methoxy groups -OCH3 is 1. The summed E-state index contributed by atoms with van der Waals surface area (Å²) in [6, 6.07) is 5.81. The molecule has 1 saturated heterocycles. The predicted molar refractivity (Wildman–Crippen MR) is 113 cm³/mol. The lowest BCUT2D eigenvalue weighted by Crippen LogP contribution is -2.45. The third kappa shape index (κ3) is 4.05. The van der Waals surface area contributed by atoms with Crippen molar-refractivity contribution < 1.29 is 4.74 Å². The van der Waals surface area contributed by atoms with Gasteiger partial charge in [0.15, 0.2) is 0 Å². The summed E-state index contributed by atoms with van der Waals surface area (Å²) in [6.07, 6.45) is 7.12. The monoisotopic (exact) mass is 375 g/mol. The Morgan fingerprint density at radius 3 is 2.79 bits per heavy atom. The van der Waals surface area contributed by atoms with Crippen LogP contribution in [0.15, 0.2) is 51.7 Å². The van der Waals surface area contributed by atoms with Crippen LogP contribution >= 0.6 is 0 Å². The van der Waals surface area contributed by atoms with Crippen LogP contribution < -0.4 is 21.4 Å². The minimum Gasteiger partial charge on any atom is -0.375 e. The van der Waals surface area contributed by atoms with E-state index in [1.807, 2.05) is 24.3 Å². The highest BCUT2D eigenvalue weighted by Crippen LogP contribution is 2.23. The van der Waals surface area contributed by atoms with Gasteiger partial charge in [-0.3, -0.25) is 0 Å². The number of nitrogens with one attached hydrogen (secondary N) is 1. The smallest absolute Gasteiger partial charge is 0.223 e. The van der Waals surface area contributed by atoms with Crippen LogP contribution in [0.5, 0.6) is 0 Å². The molecule has 1 aliphatic carbocycles. The number of benzene rings is 1. The standard InChI is InChI=1S/C21H26BN5O/c1-26-10-12-27(13-11-26)16-6-7-18(19(14-16)28-2)24-21-23-9-8-15-4-3-5-17(22)20(15)25-21/h3-8,19H,9-14H2,1-2H3,(H,23,24). The number of rotatable bonds is 3. The summed E-state index contributed by atoms with van der Waals surface area (Å²) in [5, 5.41) is 5.15. The molecular formula is C21H26BN5O. The maximum absolute atomic E-state index is 6.12. The van der Waals surface area contributed by atoms with E-state index in [1.54, 1.807) is 7.11 Å². The van der Waals surface area contributed by atoms with Crippen molar-refractivity contribution in [1.82, 2.24) is 15.1 Å². The van der Waals surface area contributed by atoms with Gasteiger partial charge in [0.1, 0.15) is 14.0 Å². The minimum atomic E-state index is -0.0441. The van der Waals surface area contributed by atoms with Crippen LogP contribution in [0.25, 0.3) is 6.08 Å². The van der Waals surface area contributed by atoms with Crippen LogP contribution in [0.1, 0.15) is 6.42 Å². The number of ether oxygens (including phenoxy) is 1. The first kappa shape index (κ1) is 19.0. The Morgan fingerprint density at radius 2 is 2.00 bits per heavy atom. The van der Waals surface area contributed by atoms with Crippen LogP contribution in [0.3, 0.4) is 0 Å². The van der Waals surface area contributed by atoms with E-state index in [2.05, 4.69) is 44.3 Å². The molecule has 2 radical (unpaired) electrons. The highest BCUT2D eigenvalue weighted by atomic mass is 16.5. The predicted octanol–water partition coefficient (Wildman–Crippen LogP) is -0.726. The fraction of sp³-hybridized carbons (Fsp3) is 0.429. The molecule has 0 aromatic heterocycles. The first-order chi connectivity index (χ1) is 13.6. The molecule has 1 fully saturated rings. The Hall–Kier alpha value is -2.38. The highest BCUT2D eigenvalue weighted by Gasteiger charge is 2.25. The molecule has 28 heavy (non-hydrogen) atoms. The van der Waals surface area contributed by atoms with Crippen molar-refractivity contribution in [3.05, 3.63) is 52.3 Å². The molecule has 7 heteroatoms. The largest absolute Gasteiger partial charge is 0.375 e. The lowest BCUT2D eigenvalue weighted by atomic mass is 9.94. The van der Waals surface area contributed by atoms with Crippen molar-refractivity contribution in [1.29, 1.82) is 0 Å². The van der Waals surface area contributed by atoms with Crippen LogP contribution in [-0.2, 0) is 4.74 Å². The van der Waals surface area contributed by atoms with E-state index in [0.29, 0.717) is 18.0 Å². The zero-order chi connectivity index (χ0) is 19.5. The Kier molecular flexibility index (Phi) is 5.64. The van der Waals surface area contributed by atoms with Crippen LogP contribution in [0.4, 0.5) is 0 Å². The van der Waals surface area contributed by atoms with Crippen molar-refractivity contribution >= 4 is 25.3 Å². The molecule has 1 aromatic rings. The molecule has 1 aromatic carbocycles. The number of hydrogen-bond acceptors (Lipinski definition) is 6. The summed E-state index contributed by atoms with van der Waals surface area (Å²) in [6.45, 7) is 4.87. The van der Waals surface area contributed by atoms with E-state index < -0.39 is 0 Å². The van der Waals surface area contributed by atoms with Crippen molar-refractivity contribution in [2.75, 3.05) is 46.9 Å². The Labute approximate surface area is 167 Å². The second-order valence-corrected chi connectivity index (χ2v) is 7.39. The summed E-state index contributed by atoms with van der Waals surface area (Å²) in [5.74, 6) is 0.567. The second kappa shape index (κ2) is 8.33. The molecule has 0 spiro atoms. The third-order valence-corrected chi connectivity index (χ3v) is 5.52. The van der Waals surface area contributed by atoms with Gasteiger partial charge >= 0.3 is 0 Å². The molecule has 0 amide bonds. The van der Waals surface area contributed by atoms with Crippen molar-refractivity contribution in [2.45, 2.75) is 12.5 Å². The van der Waals surface area contributed by atoms with Gasteiger partial charge < -0.3 is 19.9 Å². The Bertz CT molecular complexity index is 944. The van der Waals surface area contributed by atoms with Gasteiger partial charge in [-0.25, -0.2) is 9.98 Å². The van der Waals surface area contributed by atoms with Gasteiger partial charge in [0.05, 0.1) is 11.9 Å². The molecule has 1 atom stereocenters. The molecule has 144 valence electrons. The molecule has 2 heterocycles. The van der Waals surface area contributed by atoms with Gasteiger partial charge in [0.2, 0.25) is 5.96 Å². The van der Waals surface area contributed by atoms with E-state index in [1.165, 1.54) is 5.70 Å². The van der Waals surface area contributed by atoms with E-state index in [9.17, 15) is 0 Å². The van der Waals surface area contributed by atoms with Crippen LogP contribution in [-0.4, -0.2) is 76.6 Å². The van der Waals surface area contributed by atoms with E-state index >= 15 is 0 Å². The van der Waals surface area contributed by atoms with E-state index in [4.69, 9.17) is 12.6 Å². The number of para-hydroxylation sites is 1. The fourth-order valence-electron chi connectivity index (χ4n) is 3.76. The number of likely N-dealkylation sites (N-methyl/N-ethyl adjacent to an activating group) is 1. The van der Waals surface area contributed by atoms with E-state index in [0.717, 1.165) is 48.9 Å². The molecule has 0 saturated carbocycles. The quantitative estimate of drug-likeness (QED) is 0.709. The number of aliphatic imine (C=N–C) groups is 1. The first-order valence-corrected chi connectivity index (χ1v) is 9.76. The maximum Gasteiger partial charge on any atom is 0.223 e. The minimum absolute atomic E-state index is 0.0441. The van der Waals surface area contributed by atoms with Gasteiger partial charge in [0.25, 0.3) is 0 Å². The van der Waals surface area contributed by atoms with Gasteiger partial charge in [-0.05, 0) is 24.4 Å². The summed E-state index contributed by atoms with van der Waals surface area (Å²) < 4.78 is 5.77. The number of piperazine rings is 1. The molecule has 4 rings (SSSR count). The molecule has 3 aliphatic rings. The molecular weight excluding hydrogens is 349 g/mol. The normalized spacial score (nSPS) is 22.7. The topological polar surface area (TPSA) is 52.5 Å². The van der Waals surface area contributed by atoms with Gasteiger partial charge in [0, 0.05) is 51.1 Å². The van der Waals surface area contributed by atoms with Gasteiger partial charge in [-0.1, -0.05) is 29.7 Å². The number of guanidine groups is 1.